The second kappa shape index (κ2) is 16.8. The molecule has 0 aromatic carbocycles. The van der Waals surface area contributed by atoms with Crippen molar-refractivity contribution in [1.29, 1.82) is 0 Å². The van der Waals surface area contributed by atoms with Crippen LogP contribution in [0.1, 0.15) is 110 Å². The zero-order valence-corrected chi connectivity index (χ0v) is 16.9. The molecule has 0 aromatic heterocycles. The van der Waals surface area contributed by atoms with Gasteiger partial charge >= 0.3 is 0 Å². The van der Waals surface area contributed by atoms with E-state index in [0.717, 1.165) is 6.42 Å². The average Bonchev–Trinajstić information content (AvgIpc) is 2.53. The van der Waals surface area contributed by atoms with E-state index >= 15 is 0 Å². The van der Waals surface area contributed by atoms with Crippen LogP contribution in [0.15, 0.2) is 0 Å². The summed E-state index contributed by atoms with van der Waals surface area (Å²) in [6.07, 6.45) is 22.7. The van der Waals surface area contributed by atoms with Crippen LogP contribution in [0.3, 0.4) is 0 Å². The van der Waals surface area contributed by atoms with Crippen molar-refractivity contribution in [3.63, 3.8) is 0 Å². The number of nitrogens with zero attached hydrogens (tertiary/aromatic N) is 1. The van der Waals surface area contributed by atoms with Crippen LogP contribution in [0, 0.1) is 6.92 Å². The van der Waals surface area contributed by atoms with Crippen LogP contribution in [0.4, 0.5) is 0 Å². The van der Waals surface area contributed by atoms with Gasteiger partial charge in [-0.1, -0.05) is 84.0 Å². The minimum Gasteiger partial charge on any atom is -0.343 e. The first-order valence-electron chi connectivity index (χ1n) is 10.7. The summed E-state index contributed by atoms with van der Waals surface area (Å²) in [5.74, 6) is 0. The van der Waals surface area contributed by atoms with Gasteiger partial charge in [0.2, 0.25) is 0 Å². The van der Waals surface area contributed by atoms with Gasteiger partial charge in [-0.15, -0.1) is 0 Å². The van der Waals surface area contributed by atoms with E-state index < -0.39 is 0 Å². The lowest BCUT2D eigenvalue weighted by Gasteiger charge is -2.30. The molecule has 0 aliphatic carbocycles. The summed E-state index contributed by atoms with van der Waals surface area (Å²) in [5, 5.41) is 0. The summed E-state index contributed by atoms with van der Waals surface area (Å²) in [6, 6.07) is 0. The molecule has 0 unspecified atom stereocenters. The summed E-state index contributed by atoms with van der Waals surface area (Å²) in [4.78, 5) is 0. The minimum atomic E-state index is 1.08. The van der Waals surface area contributed by atoms with Crippen LogP contribution in [0.2, 0.25) is 0 Å². The van der Waals surface area contributed by atoms with Gasteiger partial charge in [0.05, 0.1) is 27.2 Å². The molecule has 0 saturated carbocycles. The molecule has 0 aliphatic heterocycles. The molecule has 0 fully saturated rings. The van der Waals surface area contributed by atoms with Crippen molar-refractivity contribution in [2.75, 3.05) is 27.2 Å². The maximum Gasteiger partial charge on any atom is 0.0782 e. The Balaban J connectivity index is 3.16. The molecule has 0 aliphatic rings. The minimum absolute atomic E-state index is 1.08. The molecule has 0 saturated heterocycles. The highest BCUT2D eigenvalue weighted by Crippen LogP contribution is 2.13. The van der Waals surface area contributed by atoms with Gasteiger partial charge in [-0.05, 0) is 19.3 Å². The lowest BCUT2D eigenvalue weighted by molar-refractivity contribution is -0.890. The van der Waals surface area contributed by atoms with Crippen molar-refractivity contribution in [2.45, 2.75) is 110 Å². The molecular formula is C22H47N. The molecule has 23 heavy (non-hydrogen) atoms. The zero-order chi connectivity index (χ0) is 17.2. The van der Waals surface area contributed by atoms with Gasteiger partial charge in [-0.25, -0.2) is 0 Å². The maximum absolute atomic E-state index is 3.95. The Morgan fingerprint density at radius 2 is 0.870 bits per heavy atom. The fraction of sp³-hybridized carbons (Fsp3) is 0.955. The highest BCUT2D eigenvalue weighted by molar-refractivity contribution is 4.49. The SMILES string of the molecule is [CH2-]CCC[N+](C)(C)CCCCCCCCCCCCCCCC. The number of hydrogen-bond donors (Lipinski definition) is 0. The molecule has 1 heteroatoms. The first kappa shape index (κ1) is 23.0. The molecular weight excluding hydrogens is 278 g/mol. The molecule has 0 N–H and O–H groups in total. The van der Waals surface area contributed by atoms with Gasteiger partial charge in [0, 0.05) is 0 Å². The Kier molecular flexibility index (Phi) is 16.8. The molecule has 0 atom stereocenters. The third-order valence-electron chi connectivity index (χ3n) is 5.13. The Morgan fingerprint density at radius 1 is 0.522 bits per heavy atom. The fourth-order valence-electron chi connectivity index (χ4n) is 3.39. The van der Waals surface area contributed by atoms with Gasteiger partial charge in [-0.2, -0.15) is 6.42 Å². The van der Waals surface area contributed by atoms with Crippen LogP contribution in [-0.4, -0.2) is 31.7 Å². The van der Waals surface area contributed by atoms with Crippen LogP contribution in [-0.2, 0) is 0 Å². The summed E-state index contributed by atoms with van der Waals surface area (Å²) < 4.78 is 1.19. The molecule has 0 amide bonds. The number of rotatable bonds is 18. The van der Waals surface area contributed by atoms with Crippen molar-refractivity contribution >= 4 is 0 Å². The van der Waals surface area contributed by atoms with E-state index in [9.17, 15) is 0 Å². The topological polar surface area (TPSA) is 0 Å². The third kappa shape index (κ3) is 18.1. The molecule has 0 aromatic rings. The quantitative estimate of drug-likeness (QED) is 0.142. The highest BCUT2D eigenvalue weighted by atomic mass is 15.3. The van der Waals surface area contributed by atoms with Gasteiger partial charge in [0.25, 0.3) is 0 Å². The van der Waals surface area contributed by atoms with E-state index in [0.29, 0.717) is 0 Å². The number of quaternary nitrogens is 1. The number of unbranched alkanes of at least 4 members (excludes halogenated alkanes) is 14. The molecule has 1 nitrogen and oxygen atoms in total. The van der Waals surface area contributed by atoms with Crippen molar-refractivity contribution in [3.8, 4) is 0 Å². The van der Waals surface area contributed by atoms with Gasteiger partial charge in [0.15, 0.2) is 0 Å². The standard InChI is InChI=1S/C22H47N/c1-5-7-9-10-11-12-13-14-15-16-17-18-19-20-22-23(3,4)21-8-6-2/h2,5-22H2,1,3-4H3. The van der Waals surface area contributed by atoms with Crippen LogP contribution < -0.4 is 0 Å². The van der Waals surface area contributed by atoms with E-state index in [2.05, 4.69) is 27.9 Å². The summed E-state index contributed by atoms with van der Waals surface area (Å²) in [7, 11) is 4.75. The lowest BCUT2D eigenvalue weighted by Crippen LogP contribution is -2.41. The van der Waals surface area contributed by atoms with E-state index in [4.69, 9.17) is 0 Å². The fourth-order valence-corrected chi connectivity index (χ4v) is 3.39. The van der Waals surface area contributed by atoms with E-state index in [1.807, 2.05) is 0 Å². The predicted molar refractivity (Wildman–Crippen MR) is 107 cm³/mol. The van der Waals surface area contributed by atoms with Crippen molar-refractivity contribution in [1.82, 2.24) is 0 Å². The molecule has 0 bridgehead atoms. The average molecular weight is 326 g/mol. The molecule has 140 valence electrons. The highest BCUT2D eigenvalue weighted by Gasteiger charge is 2.12. The van der Waals surface area contributed by atoms with E-state index in [1.54, 1.807) is 0 Å². The maximum atomic E-state index is 3.95. The Hall–Kier alpha value is -0.0400. The smallest absolute Gasteiger partial charge is 0.0782 e. The van der Waals surface area contributed by atoms with E-state index in [-0.39, 0.29) is 0 Å². The van der Waals surface area contributed by atoms with Crippen LogP contribution >= 0.6 is 0 Å². The number of hydrogen-bond acceptors (Lipinski definition) is 0. The van der Waals surface area contributed by atoms with Gasteiger partial charge in [0.1, 0.15) is 0 Å². The van der Waals surface area contributed by atoms with Gasteiger partial charge in [-0.3, -0.25) is 0 Å². The van der Waals surface area contributed by atoms with Crippen molar-refractivity contribution < 1.29 is 4.48 Å². The summed E-state index contributed by atoms with van der Waals surface area (Å²) in [5.41, 5.74) is 0. The summed E-state index contributed by atoms with van der Waals surface area (Å²) in [6.45, 7) is 8.89. The third-order valence-corrected chi connectivity index (χ3v) is 5.13. The first-order valence-corrected chi connectivity index (χ1v) is 10.7. The van der Waals surface area contributed by atoms with Crippen molar-refractivity contribution in [2.24, 2.45) is 0 Å². The van der Waals surface area contributed by atoms with Crippen LogP contribution in [0.25, 0.3) is 0 Å². The Bertz CT molecular complexity index is 222. The largest absolute Gasteiger partial charge is 0.343 e. The molecule has 0 rings (SSSR count). The normalized spacial score (nSPS) is 12.0. The molecule has 0 spiro atoms. The van der Waals surface area contributed by atoms with Crippen LogP contribution in [0.5, 0.6) is 0 Å². The van der Waals surface area contributed by atoms with E-state index in [1.165, 1.54) is 114 Å². The Labute approximate surface area is 148 Å². The second-order valence-electron chi connectivity index (χ2n) is 8.19. The molecule has 0 heterocycles. The lowest BCUT2D eigenvalue weighted by atomic mass is 10.0. The zero-order valence-electron chi connectivity index (χ0n) is 16.9. The van der Waals surface area contributed by atoms with Crippen molar-refractivity contribution in [3.05, 3.63) is 6.92 Å². The molecule has 0 radical (unpaired) electrons. The summed E-state index contributed by atoms with van der Waals surface area (Å²) >= 11 is 0. The monoisotopic (exact) mass is 325 g/mol. The van der Waals surface area contributed by atoms with Gasteiger partial charge < -0.3 is 11.4 Å². The first-order chi connectivity index (χ1) is 11.1. The predicted octanol–water partition coefficient (Wildman–Crippen LogP) is 7.16. The Morgan fingerprint density at radius 3 is 1.26 bits per heavy atom. The second-order valence-corrected chi connectivity index (χ2v) is 8.19.